The van der Waals surface area contributed by atoms with Crippen molar-refractivity contribution >= 4 is 34.2 Å². The highest BCUT2D eigenvalue weighted by Gasteiger charge is 2.28. The van der Waals surface area contributed by atoms with Crippen molar-refractivity contribution in [1.29, 1.82) is 0 Å². The quantitative estimate of drug-likeness (QED) is 0.815. The van der Waals surface area contributed by atoms with Crippen molar-refractivity contribution in [1.82, 2.24) is 5.32 Å². The standard InChI is InChI=1S/C14H19BrN2O2.ClH/c1-19-13-5-4-11(15)6-10(13)7-14(18)17-8-12(16)9-2-3-9;/h4-6,9,12H,2-3,7-8,16H2,1H3,(H,17,18);1H. The summed E-state index contributed by atoms with van der Waals surface area (Å²) in [7, 11) is 1.60. The number of amides is 1. The topological polar surface area (TPSA) is 64.3 Å². The number of carbonyl (C=O) groups excluding carboxylic acids is 1. The van der Waals surface area contributed by atoms with Gasteiger partial charge in [0.2, 0.25) is 5.91 Å². The number of halogens is 2. The second-order valence-electron chi connectivity index (χ2n) is 4.94. The van der Waals surface area contributed by atoms with E-state index in [9.17, 15) is 4.79 Å². The molecule has 1 aromatic rings. The van der Waals surface area contributed by atoms with Crippen molar-refractivity contribution in [2.45, 2.75) is 25.3 Å². The van der Waals surface area contributed by atoms with E-state index in [1.165, 1.54) is 12.8 Å². The number of ether oxygens (including phenoxy) is 1. The number of nitrogens with one attached hydrogen (secondary N) is 1. The minimum Gasteiger partial charge on any atom is -0.496 e. The molecule has 1 fully saturated rings. The molecule has 0 spiro atoms. The van der Waals surface area contributed by atoms with Crippen LogP contribution in [0.25, 0.3) is 0 Å². The van der Waals surface area contributed by atoms with Crippen molar-refractivity contribution in [2.75, 3.05) is 13.7 Å². The van der Waals surface area contributed by atoms with Gasteiger partial charge in [0.05, 0.1) is 13.5 Å². The molecule has 1 amide bonds. The Hall–Kier alpha value is -0.780. The van der Waals surface area contributed by atoms with Gasteiger partial charge in [0.1, 0.15) is 5.75 Å². The average Bonchev–Trinajstić information content (AvgIpc) is 3.20. The number of nitrogens with two attached hydrogens (primary N) is 1. The minimum atomic E-state index is -0.0208. The monoisotopic (exact) mass is 362 g/mol. The predicted molar refractivity (Wildman–Crippen MR) is 85.4 cm³/mol. The van der Waals surface area contributed by atoms with Crippen LogP contribution < -0.4 is 15.8 Å². The first kappa shape index (κ1) is 17.3. The molecule has 1 unspecified atom stereocenters. The highest BCUT2D eigenvalue weighted by Crippen LogP contribution is 2.31. The average molecular weight is 364 g/mol. The molecule has 0 radical (unpaired) electrons. The van der Waals surface area contributed by atoms with Crippen LogP contribution in [0.5, 0.6) is 5.75 Å². The maximum absolute atomic E-state index is 11.9. The van der Waals surface area contributed by atoms with E-state index in [4.69, 9.17) is 10.5 Å². The largest absolute Gasteiger partial charge is 0.496 e. The zero-order chi connectivity index (χ0) is 13.8. The van der Waals surface area contributed by atoms with E-state index in [0.29, 0.717) is 18.9 Å². The third-order valence-corrected chi connectivity index (χ3v) is 3.85. The number of carbonyl (C=O) groups is 1. The lowest BCUT2D eigenvalue weighted by Gasteiger charge is -2.13. The summed E-state index contributed by atoms with van der Waals surface area (Å²) in [4.78, 5) is 11.9. The first-order valence-corrected chi connectivity index (χ1v) is 7.24. The van der Waals surface area contributed by atoms with Gasteiger partial charge in [-0.15, -0.1) is 12.4 Å². The highest BCUT2D eigenvalue weighted by molar-refractivity contribution is 9.10. The lowest BCUT2D eigenvalue weighted by Crippen LogP contribution is -2.39. The van der Waals surface area contributed by atoms with Gasteiger partial charge in [-0.1, -0.05) is 15.9 Å². The van der Waals surface area contributed by atoms with Gasteiger partial charge >= 0.3 is 0 Å². The van der Waals surface area contributed by atoms with Crippen LogP contribution >= 0.6 is 28.3 Å². The van der Waals surface area contributed by atoms with Crippen LogP contribution in [0.3, 0.4) is 0 Å². The Balaban J connectivity index is 0.00000200. The molecule has 0 heterocycles. The minimum absolute atomic E-state index is 0. The molecule has 0 saturated heterocycles. The Morgan fingerprint density at radius 2 is 2.25 bits per heavy atom. The maximum atomic E-state index is 11.9. The Morgan fingerprint density at radius 1 is 1.55 bits per heavy atom. The van der Waals surface area contributed by atoms with Gasteiger partial charge in [-0.05, 0) is 37.0 Å². The normalized spacial score (nSPS) is 15.2. The van der Waals surface area contributed by atoms with E-state index >= 15 is 0 Å². The van der Waals surface area contributed by atoms with Crippen LogP contribution in [0.15, 0.2) is 22.7 Å². The Kier molecular flexibility index (Phi) is 6.79. The summed E-state index contributed by atoms with van der Waals surface area (Å²) in [6.45, 7) is 0.555. The third kappa shape index (κ3) is 4.96. The fraction of sp³-hybridized carbons (Fsp3) is 0.500. The predicted octanol–water partition coefficient (Wildman–Crippen LogP) is 2.28. The van der Waals surface area contributed by atoms with Gasteiger partial charge in [-0.3, -0.25) is 4.79 Å². The summed E-state index contributed by atoms with van der Waals surface area (Å²) in [5, 5.41) is 2.89. The van der Waals surface area contributed by atoms with Crippen LogP contribution in [0.2, 0.25) is 0 Å². The Bertz CT molecular complexity index is 466. The van der Waals surface area contributed by atoms with E-state index in [2.05, 4.69) is 21.2 Å². The SMILES string of the molecule is COc1ccc(Br)cc1CC(=O)NCC(N)C1CC1.Cl. The molecule has 0 aliphatic heterocycles. The number of benzene rings is 1. The lowest BCUT2D eigenvalue weighted by atomic mass is 10.1. The molecule has 1 aliphatic carbocycles. The molecular weight excluding hydrogens is 344 g/mol. The fourth-order valence-electron chi connectivity index (χ4n) is 2.04. The van der Waals surface area contributed by atoms with E-state index < -0.39 is 0 Å². The summed E-state index contributed by atoms with van der Waals surface area (Å²) < 4.78 is 6.19. The zero-order valence-corrected chi connectivity index (χ0v) is 13.8. The molecule has 1 atom stereocenters. The van der Waals surface area contributed by atoms with Gasteiger partial charge in [-0.2, -0.15) is 0 Å². The fourth-order valence-corrected chi connectivity index (χ4v) is 2.45. The number of hydrogen-bond acceptors (Lipinski definition) is 3. The molecular formula is C14H20BrClN2O2. The Labute approximate surface area is 134 Å². The van der Waals surface area contributed by atoms with Crippen LogP contribution in [0.1, 0.15) is 18.4 Å². The van der Waals surface area contributed by atoms with Gasteiger partial charge in [0.15, 0.2) is 0 Å². The molecule has 6 heteroatoms. The second-order valence-corrected chi connectivity index (χ2v) is 5.85. The molecule has 0 aromatic heterocycles. The van der Waals surface area contributed by atoms with Gasteiger partial charge in [0, 0.05) is 22.6 Å². The van der Waals surface area contributed by atoms with E-state index in [1.807, 2.05) is 18.2 Å². The van der Waals surface area contributed by atoms with Gasteiger partial charge in [0.25, 0.3) is 0 Å². The van der Waals surface area contributed by atoms with Crippen molar-refractivity contribution in [2.24, 2.45) is 11.7 Å². The Morgan fingerprint density at radius 3 is 2.85 bits per heavy atom. The molecule has 4 nitrogen and oxygen atoms in total. The zero-order valence-electron chi connectivity index (χ0n) is 11.4. The molecule has 1 aromatic carbocycles. The van der Waals surface area contributed by atoms with Crippen molar-refractivity contribution in [3.8, 4) is 5.75 Å². The molecule has 20 heavy (non-hydrogen) atoms. The number of hydrogen-bond donors (Lipinski definition) is 2. The second kappa shape index (κ2) is 7.86. The van der Waals surface area contributed by atoms with Gasteiger partial charge < -0.3 is 15.8 Å². The molecule has 1 saturated carbocycles. The van der Waals surface area contributed by atoms with E-state index in [0.717, 1.165) is 15.8 Å². The van der Waals surface area contributed by atoms with Crippen LogP contribution in [-0.2, 0) is 11.2 Å². The van der Waals surface area contributed by atoms with E-state index in [-0.39, 0.29) is 24.4 Å². The molecule has 1 aliphatic rings. The van der Waals surface area contributed by atoms with Crippen molar-refractivity contribution < 1.29 is 9.53 Å². The van der Waals surface area contributed by atoms with Crippen molar-refractivity contribution in [3.05, 3.63) is 28.2 Å². The summed E-state index contributed by atoms with van der Waals surface area (Å²) in [6.07, 6.45) is 2.69. The lowest BCUT2D eigenvalue weighted by molar-refractivity contribution is -0.120. The number of methoxy groups -OCH3 is 1. The maximum Gasteiger partial charge on any atom is 0.224 e. The van der Waals surface area contributed by atoms with Crippen molar-refractivity contribution in [3.63, 3.8) is 0 Å². The van der Waals surface area contributed by atoms with Crippen LogP contribution in [0.4, 0.5) is 0 Å². The molecule has 3 N–H and O–H groups in total. The molecule has 2 rings (SSSR count). The summed E-state index contributed by atoms with van der Waals surface area (Å²) in [5.74, 6) is 1.30. The number of rotatable bonds is 6. The summed E-state index contributed by atoms with van der Waals surface area (Å²) >= 11 is 3.40. The first-order chi connectivity index (χ1) is 9.10. The molecule has 112 valence electrons. The van der Waals surface area contributed by atoms with Crippen LogP contribution in [-0.4, -0.2) is 25.6 Å². The highest BCUT2D eigenvalue weighted by atomic mass is 79.9. The van der Waals surface area contributed by atoms with Crippen LogP contribution in [0, 0.1) is 5.92 Å². The first-order valence-electron chi connectivity index (χ1n) is 6.45. The van der Waals surface area contributed by atoms with Gasteiger partial charge in [-0.25, -0.2) is 0 Å². The molecule has 0 bridgehead atoms. The third-order valence-electron chi connectivity index (χ3n) is 3.36. The summed E-state index contributed by atoms with van der Waals surface area (Å²) in [5.41, 5.74) is 6.82. The smallest absolute Gasteiger partial charge is 0.224 e. The summed E-state index contributed by atoms with van der Waals surface area (Å²) in [6, 6.07) is 5.74. The van der Waals surface area contributed by atoms with E-state index in [1.54, 1.807) is 7.11 Å².